The quantitative estimate of drug-likeness (QED) is 0.556. The van der Waals surface area contributed by atoms with E-state index in [4.69, 9.17) is 4.55 Å². The lowest BCUT2D eigenvalue weighted by molar-refractivity contribution is 0.477. The predicted molar refractivity (Wildman–Crippen MR) is 38.3 cm³/mol. The minimum absolute atomic E-state index is 0.550. The molecule has 1 rings (SSSR count). The molecule has 64 valence electrons. The van der Waals surface area contributed by atoms with Gasteiger partial charge in [0.25, 0.3) is 10.1 Å². The molecule has 0 aliphatic carbocycles. The van der Waals surface area contributed by atoms with E-state index in [9.17, 15) is 16.8 Å². The number of rotatable bonds is 1. The summed E-state index contributed by atoms with van der Waals surface area (Å²) in [4.78, 5) is 0. The maximum Gasteiger partial charge on any atom is 0.272 e. The van der Waals surface area contributed by atoms with Crippen LogP contribution in [0.15, 0.2) is 11.5 Å². The van der Waals surface area contributed by atoms with Gasteiger partial charge in [0, 0.05) is 5.41 Å². The molecule has 0 saturated heterocycles. The molecule has 0 aromatic heterocycles. The van der Waals surface area contributed by atoms with Crippen molar-refractivity contribution in [2.24, 2.45) is 0 Å². The van der Waals surface area contributed by atoms with Gasteiger partial charge < -0.3 is 0 Å². The standard InChI is InChI=1S/C4H6O5S2/c5-10(6)2-1-4(3-10)11(7,8)9/h1-2,4H,3H2,(H,7,8,9). The highest BCUT2D eigenvalue weighted by Gasteiger charge is 2.30. The van der Waals surface area contributed by atoms with Gasteiger partial charge in [0.05, 0.1) is 5.75 Å². The highest BCUT2D eigenvalue weighted by molar-refractivity contribution is 7.96. The van der Waals surface area contributed by atoms with Gasteiger partial charge in [0.2, 0.25) is 0 Å². The van der Waals surface area contributed by atoms with E-state index in [0.29, 0.717) is 0 Å². The van der Waals surface area contributed by atoms with E-state index in [1.54, 1.807) is 0 Å². The Hall–Kier alpha value is -0.400. The summed E-state index contributed by atoms with van der Waals surface area (Å²) in [6.45, 7) is 0. The van der Waals surface area contributed by atoms with Gasteiger partial charge >= 0.3 is 0 Å². The molecule has 5 nitrogen and oxygen atoms in total. The van der Waals surface area contributed by atoms with Crippen LogP contribution in [-0.2, 0) is 20.0 Å². The van der Waals surface area contributed by atoms with Crippen molar-refractivity contribution in [3.8, 4) is 0 Å². The molecule has 0 saturated carbocycles. The summed E-state index contributed by atoms with van der Waals surface area (Å²) >= 11 is 0. The van der Waals surface area contributed by atoms with Crippen LogP contribution < -0.4 is 0 Å². The summed E-state index contributed by atoms with van der Waals surface area (Å²) < 4.78 is 50.4. The lowest BCUT2D eigenvalue weighted by Gasteiger charge is -1.99. The minimum atomic E-state index is -4.24. The number of hydrogen-bond acceptors (Lipinski definition) is 4. The summed E-state index contributed by atoms with van der Waals surface area (Å²) in [5, 5.41) is -0.488. The zero-order valence-corrected chi connectivity index (χ0v) is 6.97. The van der Waals surface area contributed by atoms with E-state index in [-0.39, 0.29) is 0 Å². The highest BCUT2D eigenvalue weighted by Crippen LogP contribution is 2.14. The fourth-order valence-electron chi connectivity index (χ4n) is 0.733. The fraction of sp³-hybridized carbons (Fsp3) is 0.500. The van der Waals surface area contributed by atoms with Gasteiger partial charge in [0.15, 0.2) is 9.84 Å². The monoisotopic (exact) mass is 198 g/mol. The molecule has 1 unspecified atom stereocenters. The molecule has 0 radical (unpaired) electrons. The highest BCUT2D eigenvalue weighted by atomic mass is 32.2. The van der Waals surface area contributed by atoms with E-state index in [2.05, 4.69) is 0 Å². The molecule has 0 amide bonds. The molecule has 0 aromatic rings. The lowest BCUT2D eigenvalue weighted by atomic mass is 10.5. The zero-order chi connectivity index (χ0) is 8.70. The van der Waals surface area contributed by atoms with Crippen LogP contribution in [0.2, 0.25) is 0 Å². The maximum atomic E-state index is 10.6. The minimum Gasteiger partial charge on any atom is -0.285 e. The normalized spacial score (nSPS) is 29.0. The van der Waals surface area contributed by atoms with E-state index in [1.807, 2.05) is 0 Å². The van der Waals surface area contributed by atoms with Crippen LogP contribution in [0.5, 0.6) is 0 Å². The number of sulfone groups is 1. The molecule has 1 heterocycles. The van der Waals surface area contributed by atoms with Gasteiger partial charge in [-0.1, -0.05) is 6.08 Å². The summed E-state index contributed by atoms with van der Waals surface area (Å²) in [6, 6.07) is 0. The topological polar surface area (TPSA) is 88.5 Å². The summed E-state index contributed by atoms with van der Waals surface area (Å²) in [5.74, 6) is -0.550. The third-order valence-electron chi connectivity index (χ3n) is 1.28. The first-order valence-electron chi connectivity index (χ1n) is 2.68. The second-order valence-corrected chi connectivity index (χ2v) is 5.78. The van der Waals surface area contributed by atoms with Gasteiger partial charge in [-0.3, -0.25) is 4.55 Å². The van der Waals surface area contributed by atoms with E-state index in [0.717, 1.165) is 11.5 Å². The molecule has 0 spiro atoms. The average molecular weight is 198 g/mol. The molecule has 7 heteroatoms. The molecule has 0 aromatic carbocycles. The van der Waals surface area contributed by atoms with Crippen LogP contribution in [0.3, 0.4) is 0 Å². The van der Waals surface area contributed by atoms with Crippen molar-refractivity contribution < 1.29 is 21.4 Å². The Labute approximate surface area is 64.4 Å². The molecule has 1 aliphatic rings. The SMILES string of the molecule is O=S1(=O)C=CC(S(=O)(=O)O)C1. The molecule has 0 fully saturated rings. The molecule has 0 bridgehead atoms. The van der Waals surface area contributed by atoms with Crippen LogP contribution in [-0.4, -0.2) is 32.4 Å². The molecule has 1 N–H and O–H groups in total. The van der Waals surface area contributed by atoms with Crippen molar-refractivity contribution in [1.82, 2.24) is 0 Å². The third-order valence-corrected chi connectivity index (χ3v) is 3.98. The molecular weight excluding hydrogens is 192 g/mol. The van der Waals surface area contributed by atoms with Crippen molar-refractivity contribution in [2.75, 3.05) is 5.75 Å². The largest absolute Gasteiger partial charge is 0.285 e. The van der Waals surface area contributed by atoms with Crippen molar-refractivity contribution in [1.29, 1.82) is 0 Å². The van der Waals surface area contributed by atoms with E-state index >= 15 is 0 Å². The third kappa shape index (κ3) is 2.01. The lowest BCUT2D eigenvalue weighted by Crippen LogP contribution is -2.21. The Morgan fingerprint density at radius 3 is 2.18 bits per heavy atom. The first-order chi connectivity index (χ1) is 4.81. The van der Waals surface area contributed by atoms with Crippen LogP contribution in [0.4, 0.5) is 0 Å². The molecule has 1 aliphatic heterocycles. The molecule has 1 atom stereocenters. The summed E-state index contributed by atoms with van der Waals surface area (Å²) in [6.07, 6.45) is 0.963. The summed E-state index contributed by atoms with van der Waals surface area (Å²) in [5.41, 5.74) is 0. The molecule has 11 heavy (non-hydrogen) atoms. The second kappa shape index (κ2) is 2.29. The Bertz CT molecular complexity index is 373. The first-order valence-corrected chi connectivity index (χ1v) is 5.90. The Morgan fingerprint density at radius 1 is 1.45 bits per heavy atom. The molecular formula is C4H6O5S2. The maximum absolute atomic E-state index is 10.6. The van der Waals surface area contributed by atoms with Crippen molar-refractivity contribution in [3.05, 3.63) is 11.5 Å². The van der Waals surface area contributed by atoms with Gasteiger partial charge in [-0.2, -0.15) is 8.42 Å². The van der Waals surface area contributed by atoms with Gasteiger partial charge in [0.1, 0.15) is 5.25 Å². The average Bonchev–Trinajstić information content (AvgIpc) is 2.07. The summed E-state index contributed by atoms with van der Waals surface area (Å²) in [7, 11) is -7.64. The zero-order valence-electron chi connectivity index (χ0n) is 5.34. The van der Waals surface area contributed by atoms with E-state index in [1.165, 1.54) is 0 Å². The van der Waals surface area contributed by atoms with Crippen LogP contribution in [0.25, 0.3) is 0 Å². The second-order valence-electron chi connectivity index (χ2n) is 2.21. The predicted octanol–water partition coefficient (Wildman–Crippen LogP) is -0.815. The van der Waals surface area contributed by atoms with Crippen LogP contribution >= 0.6 is 0 Å². The van der Waals surface area contributed by atoms with Crippen molar-refractivity contribution in [3.63, 3.8) is 0 Å². The van der Waals surface area contributed by atoms with Gasteiger partial charge in [-0.05, 0) is 0 Å². The van der Waals surface area contributed by atoms with Gasteiger partial charge in [-0.25, -0.2) is 8.42 Å². The smallest absolute Gasteiger partial charge is 0.272 e. The Morgan fingerprint density at radius 2 is 2.00 bits per heavy atom. The Kier molecular flexibility index (Phi) is 1.81. The fourth-order valence-corrected chi connectivity index (χ4v) is 3.48. The first kappa shape index (κ1) is 8.69. The number of hydrogen-bond donors (Lipinski definition) is 1. The van der Waals surface area contributed by atoms with Crippen molar-refractivity contribution >= 4 is 20.0 Å². The van der Waals surface area contributed by atoms with Crippen LogP contribution in [0, 0.1) is 0 Å². The Balaban J connectivity index is 2.99. The van der Waals surface area contributed by atoms with E-state index < -0.39 is 31.0 Å². The van der Waals surface area contributed by atoms with Crippen LogP contribution in [0.1, 0.15) is 0 Å². The van der Waals surface area contributed by atoms with Crippen molar-refractivity contribution in [2.45, 2.75) is 5.25 Å². The van der Waals surface area contributed by atoms with Gasteiger partial charge in [-0.15, -0.1) is 0 Å².